The number of rotatable bonds is 24. The quantitative estimate of drug-likeness (QED) is 0.139. The Kier molecular flexibility index (Phi) is 18.8. The minimum Gasteiger partial charge on any atom is -0.377 e. The minimum absolute atomic E-state index is 0.0505. The Balaban J connectivity index is 1.22. The Morgan fingerprint density at radius 1 is 0.622 bits per heavy atom. The topological polar surface area (TPSA) is 117 Å². The van der Waals surface area contributed by atoms with Crippen LogP contribution in [0.3, 0.4) is 0 Å². The zero-order valence-electron chi connectivity index (χ0n) is 21.6. The monoisotopic (exact) mass is 550 g/mol. The van der Waals surface area contributed by atoms with Gasteiger partial charge in [0.1, 0.15) is 0 Å². The molecular weight excluding hydrogens is 508 g/mol. The van der Waals surface area contributed by atoms with Crippen LogP contribution in [-0.4, -0.2) is 114 Å². The number of benzene rings is 1. The van der Waals surface area contributed by atoms with Crippen molar-refractivity contribution in [2.75, 3.05) is 99.1 Å². The zero-order valence-corrected chi connectivity index (χ0v) is 22.4. The Morgan fingerprint density at radius 3 is 1.54 bits per heavy atom. The second kappa shape index (κ2) is 21.7. The van der Waals surface area contributed by atoms with E-state index in [-0.39, 0.29) is 24.4 Å². The third kappa shape index (κ3) is 17.1. The zero-order chi connectivity index (χ0) is 26.3. The molecule has 11 nitrogen and oxygen atoms in total. The molecule has 12 heteroatoms. The lowest BCUT2D eigenvalue weighted by atomic mass is 10.2. The normalized spacial score (nSPS) is 16.3. The smallest absolute Gasteiger partial charge is 0.297 e. The van der Waals surface area contributed by atoms with Crippen LogP contribution in [0.1, 0.15) is 19.3 Å². The fourth-order valence-corrected chi connectivity index (χ4v) is 4.05. The van der Waals surface area contributed by atoms with Crippen LogP contribution in [0.25, 0.3) is 0 Å². The molecule has 1 atom stereocenters. The molecule has 0 aromatic heterocycles. The molecule has 1 fully saturated rings. The molecule has 1 heterocycles. The van der Waals surface area contributed by atoms with Gasteiger partial charge in [0.2, 0.25) is 0 Å². The summed E-state index contributed by atoms with van der Waals surface area (Å²) < 4.78 is 72.3. The van der Waals surface area contributed by atoms with Gasteiger partial charge in [0, 0.05) is 6.61 Å². The van der Waals surface area contributed by atoms with Crippen molar-refractivity contribution in [3.8, 4) is 0 Å². The second-order valence-corrected chi connectivity index (χ2v) is 9.55. The summed E-state index contributed by atoms with van der Waals surface area (Å²) in [4.78, 5) is 0.126. The lowest BCUT2D eigenvalue weighted by Crippen LogP contribution is -2.24. The molecule has 1 aliphatic heterocycles. The van der Waals surface area contributed by atoms with E-state index in [0.29, 0.717) is 79.3 Å². The molecular formula is C25H42O11S. The van der Waals surface area contributed by atoms with Gasteiger partial charge in [-0.1, -0.05) is 18.2 Å². The molecule has 0 aliphatic carbocycles. The third-order valence-corrected chi connectivity index (χ3v) is 6.35. The average Bonchev–Trinajstić information content (AvgIpc) is 2.92. The summed E-state index contributed by atoms with van der Waals surface area (Å²) in [7, 11) is -3.75. The number of hydrogen-bond donors (Lipinski definition) is 0. The molecule has 37 heavy (non-hydrogen) atoms. The molecule has 1 aromatic carbocycles. The van der Waals surface area contributed by atoms with E-state index >= 15 is 0 Å². The van der Waals surface area contributed by atoms with E-state index in [9.17, 15) is 8.42 Å². The van der Waals surface area contributed by atoms with E-state index in [4.69, 9.17) is 42.1 Å². The maximum absolute atomic E-state index is 11.9. The van der Waals surface area contributed by atoms with Gasteiger partial charge in [0.25, 0.3) is 10.1 Å². The summed E-state index contributed by atoms with van der Waals surface area (Å²) in [5, 5.41) is 0. The summed E-state index contributed by atoms with van der Waals surface area (Å²) in [6.07, 6.45) is 3.16. The molecule has 0 saturated carbocycles. The molecule has 1 aliphatic rings. The highest BCUT2D eigenvalue weighted by molar-refractivity contribution is 7.86. The van der Waals surface area contributed by atoms with E-state index < -0.39 is 10.1 Å². The van der Waals surface area contributed by atoms with E-state index in [0.717, 1.165) is 25.9 Å². The van der Waals surface area contributed by atoms with Crippen molar-refractivity contribution in [2.45, 2.75) is 30.4 Å². The van der Waals surface area contributed by atoms with Gasteiger partial charge in [0.15, 0.2) is 6.29 Å². The van der Waals surface area contributed by atoms with Crippen molar-refractivity contribution in [3.63, 3.8) is 0 Å². The summed E-state index contributed by atoms with van der Waals surface area (Å²) in [5.41, 5.74) is 0. The summed E-state index contributed by atoms with van der Waals surface area (Å²) in [5.74, 6) is 0. The van der Waals surface area contributed by atoms with Crippen LogP contribution in [0.5, 0.6) is 0 Å². The first kappa shape index (κ1) is 32.0. The summed E-state index contributed by atoms with van der Waals surface area (Å²) >= 11 is 0. The number of ether oxygens (including phenoxy) is 8. The van der Waals surface area contributed by atoms with Crippen molar-refractivity contribution in [3.05, 3.63) is 30.3 Å². The van der Waals surface area contributed by atoms with Crippen LogP contribution in [0.4, 0.5) is 0 Å². The maximum atomic E-state index is 11.9. The van der Waals surface area contributed by atoms with Gasteiger partial charge in [-0.3, -0.25) is 4.18 Å². The average molecular weight is 551 g/mol. The van der Waals surface area contributed by atoms with Gasteiger partial charge < -0.3 is 37.9 Å². The van der Waals surface area contributed by atoms with Crippen LogP contribution in [0.2, 0.25) is 0 Å². The lowest BCUT2D eigenvalue weighted by Gasteiger charge is -2.22. The highest BCUT2D eigenvalue weighted by Crippen LogP contribution is 2.13. The molecule has 1 saturated heterocycles. The maximum Gasteiger partial charge on any atom is 0.297 e. The molecule has 0 N–H and O–H groups in total. The van der Waals surface area contributed by atoms with Gasteiger partial charge in [0.05, 0.1) is 97.4 Å². The fraction of sp³-hybridized carbons (Fsp3) is 0.760. The Bertz CT molecular complexity index is 742. The predicted octanol–water partition coefficient (Wildman–Crippen LogP) is 2.03. The van der Waals surface area contributed by atoms with Gasteiger partial charge in [-0.05, 0) is 31.4 Å². The Labute approximate surface area is 220 Å². The molecule has 1 unspecified atom stereocenters. The highest BCUT2D eigenvalue weighted by Gasteiger charge is 2.14. The van der Waals surface area contributed by atoms with Crippen LogP contribution < -0.4 is 0 Å². The fourth-order valence-electron chi connectivity index (χ4n) is 3.14. The molecule has 0 bridgehead atoms. The van der Waals surface area contributed by atoms with Crippen molar-refractivity contribution in [1.82, 2.24) is 0 Å². The SMILES string of the molecule is O=S(=O)(OCCOCCOCCOCCOCCOCCOCCOC1CCCCO1)c1ccccc1. The van der Waals surface area contributed by atoms with Crippen LogP contribution in [-0.2, 0) is 52.2 Å². The molecule has 0 radical (unpaired) electrons. The first-order valence-electron chi connectivity index (χ1n) is 12.8. The molecule has 1 aromatic rings. The Hall–Kier alpha value is -1.19. The molecule has 214 valence electrons. The Morgan fingerprint density at radius 2 is 1.08 bits per heavy atom. The van der Waals surface area contributed by atoms with Gasteiger partial charge >= 0.3 is 0 Å². The lowest BCUT2D eigenvalue weighted by molar-refractivity contribution is -0.169. The van der Waals surface area contributed by atoms with Gasteiger partial charge in [-0.25, -0.2) is 0 Å². The van der Waals surface area contributed by atoms with E-state index in [1.807, 2.05) is 0 Å². The van der Waals surface area contributed by atoms with Gasteiger partial charge in [-0.2, -0.15) is 8.42 Å². The van der Waals surface area contributed by atoms with Crippen molar-refractivity contribution < 1.29 is 50.5 Å². The third-order valence-electron chi connectivity index (χ3n) is 5.03. The largest absolute Gasteiger partial charge is 0.377 e. The first-order chi connectivity index (χ1) is 18.2. The second-order valence-electron chi connectivity index (χ2n) is 7.93. The molecule has 2 rings (SSSR count). The van der Waals surface area contributed by atoms with Crippen LogP contribution in [0.15, 0.2) is 35.2 Å². The standard InChI is InChI=1S/C25H42O11S/c26-37(27,24-6-2-1-3-7-24)36-23-21-33-19-17-31-15-13-29-11-10-28-12-14-30-16-18-32-20-22-35-25-8-4-5-9-34-25/h1-3,6-7,25H,4-5,8-23H2. The van der Waals surface area contributed by atoms with Crippen LogP contribution >= 0.6 is 0 Å². The number of hydrogen-bond acceptors (Lipinski definition) is 11. The van der Waals surface area contributed by atoms with Gasteiger partial charge in [-0.15, -0.1) is 0 Å². The highest BCUT2D eigenvalue weighted by atomic mass is 32.2. The van der Waals surface area contributed by atoms with Crippen LogP contribution in [0, 0.1) is 0 Å². The first-order valence-corrected chi connectivity index (χ1v) is 14.2. The molecule has 0 spiro atoms. The van der Waals surface area contributed by atoms with E-state index in [2.05, 4.69) is 0 Å². The van der Waals surface area contributed by atoms with E-state index in [1.165, 1.54) is 12.1 Å². The summed E-state index contributed by atoms with van der Waals surface area (Å²) in [6.45, 7) is 6.55. The van der Waals surface area contributed by atoms with E-state index in [1.54, 1.807) is 18.2 Å². The minimum atomic E-state index is -3.75. The van der Waals surface area contributed by atoms with Crippen molar-refractivity contribution in [1.29, 1.82) is 0 Å². The van der Waals surface area contributed by atoms with Crippen molar-refractivity contribution in [2.24, 2.45) is 0 Å². The predicted molar refractivity (Wildman–Crippen MR) is 134 cm³/mol. The summed E-state index contributed by atoms with van der Waals surface area (Å²) in [6, 6.07) is 7.99. The molecule has 0 amide bonds. The van der Waals surface area contributed by atoms with Crippen molar-refractivity contribution >= 4 is 10.1 Å².